The maximum atomic E-state index is 4.86. The highest BCUT2D eigenvalue weighted by atomic mass is 16.6. The van der Waals surface area contributed by atoms with E-state index in [2.05, 4.69) is 12.0 Å². The van der Waals surface area contributed by atoms with E-state index in [4.69, 9.17) is 9.47 Å². The van der Waals surface area contributed by atoms with Crippen molar-refractivity contribution in [3.63, 3.8) is 0 Å². The molecular weight excluding hydrogens is 104 g/mol. The van der Waals surface area contributed by atoms with Crippen molar-refractivity contribution in [1.82, 2.24) is 0 Å². The van der Waals surface area contributed by atoms with Crippen LogP contribution in [0.25, 0.3) is 0 Å². The molecule has 1 unspecified atom stereocenters. The fourth-order valence-electron chi connectivity index (χ4n) is 0.371. The van der Waals surface area contributed by atoms with Gasteiger partial charge in [-0.1, -0.05) is 5.92 Å². The number of epoxide rings is 1. The highest BCUT2D eigenvalue weighted by Gasteiger charge is 2.22. The van der Waals surface area contributed by atoms with Crippen LogP contribution in [0.4, 0.5) is 0 Å². The summed E-state index contributed by atoms with van der Waals surface area (Å²) in [4.78, 5) is 0. The van der Waals surface area contributed by atoms with Crippen LogP contribution in [0.2, 0.25) is 0 Å². The Labute approximate surface area is 48.8 Å². The van der Waals surface area contributed by atoms with Gasteiger partial charge in [0, 0.05) is 6.92 Å². The monoisotopic (exact) mass is 112 g/mol. The standard InChI is InChI=1S/C6H8O2/c1-2-3-7-4-6-5-8-6/h6H,4-5H2,1H3. The van der Waals surface area contributed by atoms with Crippen LogP contribution in [0.3, 0.4) is 0 Å². The van der Waals surface area contributed by atoms with Gasteiger partial charge in [0.15, 0.2) is 0 Å². The first-order valence-corrected chi connectivity index (χ1v) is 2.58. The van der Waals surface area contributed by atoms with E-state index in [9.17, 15) is 0 Å². The molecule has 1 aliphatic rings. The Morgan fingerprint density at radius 3 is 3.12 bits per heavy atom. The lowest BCUT2D eigenvalue weighted by atomic mass is 10.5. The van der Waals surface area contributed by atoms with Crippen LogP contribution in [0.5, 0.6) is 0 Å². The van der Waals surface area contributed by atoms with E-state index in [1.807, 2.05) is 0 Å². The van der Waals surface area contributed by atoms with Gasteiger partial charge >= 0.3 is 0 Å². The molecule has 1 heterocycles. The molecule has 0 radical (unpaired) electrons. The van der Waals surface area contributed by atoms with Gasteiger partial charge in [-0.3, -0.25) is 0 Å². The van der Waals surface area contributed by atoms with E-state index in [1.54, 1.807) is 6.92 Å². The highest BCUT2D eigenvalue weighted by Crippen LogP contribution is 2.07. The molecule has 0 aromatic heterocycles. The van der Waals surface area contributed by atoms with E-state index in [0.717, 1.165) is 6.61 Å². The molecule has 0 aromatic rings. The quantitative estimate of drug-likeness (QED) is 0.380. The fraction of sp³-hybridized carbons (Fsp3) is 0.667. The Bertz CT molecular complexity index is 116. The molecule has 0 amide bonds. The zero-order valence-corrected chi connectivity index (χ0v) is 4.81. The lowest BCUT2D eigenvalue weighted by Crippen LogP contribution is -1.95. The fourth-order valence-corrected chi connectivity index (χ4v) is 0.371. The van der Waals surface area contributed by atoms with E-state index in [1.165, 1.54) is 0 Å². The molecule has 0 aliphatic carbocycles. The van der Waals surface area contributed by atoms with Crippen molar-refractivity contribution in [2.45, 2.75) is 13.0 Å². The summed E-state index contributed by atoms with van der Waals surface area (Å²) in [5.41, 5.74) is 0. The molecule has 2 nitrogen and oxygen atoms in total. The maximum Gasteiger partial charge on any atom is 0.128 e. The zero-order valence-electron chi connectivity index (χ0n) is 4.81. The Morgan fingerprint density at radius 1 is 1.88 bits per heavy atom. The summed E-state index contributed by atoms with van der Waals surface area (Å²) < 4.78 is 9.68. The SMILES string of the molecule is CC#COCC1CO1. The molecule has 0 bridgehead atoms. The third kappa shape index (κ3) is 1.85. The Kier molecular flexibility index (Phi) is 1.76. The smallest absolute Gasteiger partial charge is 0.128 e. The summed E-state index contributed by atoms with van der Waals surface area (Å²) in [5, 5.41) is 0. The predicted octanol–water partition coefficient (Wildman–Crippen LogP) is 0.383. The van der Waals surface area contributed by atoms with Gasteiger partial charge in [-0.2, -0.15) is 0 Å². The minimum Gasteiger partial charge on any atom is -0.444 e. The zero-order chi connectivity index (χ0) is 5.82. The van der Waals surface area contributed by atoms with E-state index < -0.39 is 0 Å². The van der Waals surface area contributed by atoms with Gasteiger partial charge in [0.25, 0.3) is 0 Å². The van der Waals surface area contributed by atoms with Gasteiger partial charge in [-0.25, -0.2) is 0 Å². The van der Waals surface area contributed by atoms with E-state index >= 15 is 0 Å². The minimum atomic E-state index is 0.329. The van der Waals surface area contributed by atoms with Crippen molar-refractivity contribution in [2.24, 2.45) is 0 Å². The van der Waals surface area contributed by atoms with Crippen LogP contribution in [-0.2, 0) is 9.47 Å². The molecule has 0 aromatic carbocycles. The molecule has 0 N–H and O–H groups in total. The molecule has 1 rings (SSSR count). The van der Waals surface area contributed by atoms with E-state index in [0.29, 0.717) is 12.7 Å². The number of hydrogen-bond donors (Lipinski definition) is 0. The van der Waals surface area contributed by atoms with Gasteiger partial charge in [-0.15, -0.1) is 0 Å². The average molecular weight is 112 g/mol. The molecule has 1 fully saturated rings. The Balaban J connectivity index is 1.92. The van der Waals surface area contributed by atoms with Crippen LogP contribution >= 0.6 is 0 Å². The van der Waals surface area contributed by atoms with Crippen molar-refractivity contribution < 1.29 is 9.47 Å². The third-order valence-electron chi connectivity index (χ3n) is 0.846. The molecule has 2 heteroatoms. The molecule has 0 saturated carbocycles. The molecule has 44 valence electrons. The van der Waals surface area contributed by atoms with Crippen LogP contribution in [0.1, 0.15) is 6.92 Å². The summed E-state index contributed by atoms with van der Waals surface area (Å²) in [6, 6.07) is 0. The van der Waals surface area contributed by atoms with Crippen LogP contribution in [0, 0.1) is 12.0 Å². The minimum absolute atomic E-state index is 0.329. The van der Waals surface area contributed by atoms with Crippen LogP contribution < -0.4 is 0 Å². The van der Waals surface area contributed by atoms with Crippen molar-refractivity contribution >= 4 is 0 Å². The number of hydrogen-bond acceptors (Lipinski definition) is 2. The molecule has 0 spiro atoms. The van der Waals surface area contributed by atoms with Crippen LogP contribution in [0.15, 0.2) is 0 Å². The van der Waals surface area contributed by atoms with Crippen molar-refractivity contribution in [2.75, 3.05) is 13.2 Å². The van der Waals surface area contributed by atoms with E-state index in [-0.39, 0.29) is 0 Å². The van der Waals surface area contributed by atoms with Gasteiger partial charge in [-0.05, 0) is 0 Å². The molecule has 1 saturated heterocycles. The lowest BCUT2D eigenvalue weighted by Gasteiger charge is -1.87. The molecule has 1 aliphatic heterocycles. The first-order valence-electron chi connectivity index (χ1n) is 2.58. The third-order valence-corrected chi connectivity index (χ3v) is 0.846. The summed E-state index contributed by atoms with van der Waals surface area (Å²) >= 11 is 0. The first-order chi connectivity index (χ1) is 3.93. The van der Waals surface area contributed by atoms with Crippen molar-refractivity contribution in [3.05, 3.63) is 0 Å². The Morgan fingerprint density at radius 2 is 2.62 bits per heavy atom. The average Bonchev–Trinajstić information content (AvgIpc) is 2.51. The summed E-state index contributed by atoms with van der Waals surface area (Å²) in [6.45, 7) is 3.21. The van der Waals surface area contributed by atoms with Crippen molar-refractivity contribution in [1.29, 1.82) is 0 Å². The summed E-state index contributed by atoms with van der Waals surface area (Å²) in [7, 11) is 0. The molecule has 1 atom stereocenters. The Hall–Kier alpha value is -0.680. The largest absolute Gasteiger partial charge is 0.444 e. The second-order valence-corrected chi connectivity index (χ2v) is 1.62. The lowest BCUT2D eigenvalue weighted by molar-refractivity contribution is 0.233. The van der Waals surface area contributed by atoms with Gasteiger partial charge in [0.1, 0.15) is 18.8 Å². The molecular formula is C6H8O2. The van der Waals surface area contributed by atoms with Crippen molar-refractivity contribution in [3.8, 4) is 12.0 Å². The summed E-state index contributed by atoms with van der Waals surface area (Å²) in [6.07, 6.45) is 2.82. The molecule has 8 heavy (non-hydrogen) atoms. The maximum absolute atomic E-state index is 4.86. The van der Waals surface area contributed by atoms with Gasteiger partial charge in [0.05, 0.1) is 6.61 Å². The second-order valence-electron chi connectivity index (χ2n) is 1.62. The first kappa shape index (κ1) is 5.46. The second kappa shape index (κ2) is 2.58. The number of ether oxygens (including phenoxy) is 2. The van der Waals surface area contributed by atoms with Crippen LogP contribution in [-0.4, -0.2) is 19.3 Å². The van der Waals surface area contributed by atoms with Gasteiger partial charge < -0.3 is 9.47 Å². The predicted molar refractivity (Wildman–Crippen MR) is 29.1 cm³/mol. The topological polar surface area (TPSA) is 21.8 Å². The van der Waals surface area contributed by atoms with Gasteiger partial charge in [0.2, 0.25) is 0 Å². The summed E-state index contributed by atoms with van der Waals surface area (Å²) in [5.74, 6) is 2.62. The highest BCUT2D eigenvalue weighted by molar-refractivity contribution is 4.86. The normalized spacial score (nSPS) is 23.4. The number of rotatable bonds is 2.